The van der Waals surface area contributed by atoms with Crippen LogP contribution in [0.15, 0.2) is 72.9 Å². The van der Waals surface area contributed by atoms with E-state index >= 15 is 0 Å². The summed E-state index contributed by atoms with van der Waals surface area (Å²) >= 11 is 0. The number of para-hydroxylation sites is 1. The van der Waals surface area contributed by atoms with Gasteiger partial charge in [-0.25, -0.2) is 0 Å². The van der Waals surface area contributed by atoms with E-state index < -0.39 is 0 Å². The summed E-state index contributed by atoms with van der Waals surface area (Å²) in [4.78, 5) is 19.7. The van der Waals surface area contributed by atoms with Gasteiger partial charge in [0.25, 0.3) is 5.91 Å². The van der Waals surface area contributed by atoms with E-state index in [1.807, 2.05) is 54.6 Å². The van der Waals surface area contributed by atoms with Crippen LogP contribution < -0.4 is 19.5 Å². The van der Waals surface area contributed by atoms with E-state index in [1.165, 1.54) is 12.8 Å². The first-order chi connectivity index (χ1) is 19.1. The summed E-state index contributed by atoms with van der Waals surface area (Å²) in [5, 5.41) is 4.02. The molecular formula is C32H33N3O4. The van der Waals surface area contributed by atoms with Gasteiger partial charge in [0, 0.05) is 36.8 Å². The number of carbonyl (C=O) groups is 1. The van der Waals surface area contributed by atoms with Crippen LogP contribution in [0.4, 0.5) is 0 Å². The lowest BCUT2D eigenvalue weighted by Crippen LogP contribution is -2.34. The number of ether oxygens (including phenoxy) is 3. The molecule has 2 aliphatic rings. The summed E-state index contributed by atoms with van der Waals surface area (Å²) in [6, 6.07) is 22.2. The van der Waals surface area contributed by atoms with E-state index in [1.54, 1.807) is 6.20 Å². The minimum Gasteiger partial charge on any atom is -0.483 e. The number of rotatable bonds is 8. The molecule has 0 radical (unpaired) electrons. The lowest BCUT2D eigenvalue weighted by atomic mass is 9.98. The Morgan fingerprint density at radius 3 is 2.82 bits per heavy atom. The van der Waals surface area contributed by atoms with Crippen molar-refractivity contribution in [2.24, 2.45) is 5.92 Å². The van der Waals surface area contributed by atoms with Crippen molar-refractivity contribution in [3.8, 4) is 28.4 Å². The Kier molecular flexibility index (Phi) is 7.32. The molecule has 1 amide bonds. The number of amides is 1. The minimum absolute atomic E-state index is 0.0478. The predicted octanol–water partition coefficient (Wildman–Crippen LogP) is 5.56. The zero-order chi connectivity index (χ0) is 26.6. The first kappa shape index (κ1) is 25.2. The molecule has 4 aromatic rings. The van der Waals surface area contributed by atoms with Gasteiger partial charge in [-0.15, -0.1) is 0 Å². The molecule has 1 fully saturated rings. The SMILES string of the molecule is CC1CCCN(Cc2cc(-c3ccc4c(c3)OCO4)ccc2OCC(=O)NCc2cnc3ccccc3c2)C1. The number of fused-ring (bicyclic) bond motifs is 2. The van der Waals surface area contributed by atoms with Gasteiger partial charge in [0.2, 0.25) is 6.79 Å². The van der Waals surface area contributed by atoms with E-state index in [2.05, 4.69) is 34.3 Å². The van der Waals surface area contributed by atoms with Gasteiger partial charge >= 0.3 is 0 Å². The average Bonchev–Trinajstić information content (AvgIpc) is 3.43. The second kappa shape index (κ2) is 11.3. The summed E-state index contributed by atoms with van der Waals surface area (Å²) in [5.74, 6) is 2.78. The number of nitrogens with zero attached hydrogens (tertiary/aromatic N) is 2. The van der Waals surface area contributed by atoms with Crippen molar-refractivity contribution in [2.45, 2.75) is 32.9 Å². The zero-order valence-corrected chi connectivity index (χ0v) is 22.2. The van der Waals surface area contributed by atoms with Crippen molar-refractivity contribution in [3.63, 3.8) is 0 Å². The predicted molar refractivity (Wildman–Crippen MR) is 151 cm³/mol. The summed E-state index contributed by atoms with van der Waals surface area (Å²) in [5.41, 5.74) is 5.10. The Hall–Kier alpha value is -4.10. The zero-order valence-electron chi connectivity index (χ0n) is 22.2. The van der Waals surface area contributed by atoms with Crippen LogP contribution in [0.25, 0.3) is 22.0 Å². The second-order valence-corrected chi connectivity index (χ2v) is 10.5. The molecule has 1 N–H and O–H groups in total. The van der Waals surface area contributed by atoms with Crippen molar-refractivity contribution in [1.29, 1.82) is 0 Å². The highest BCUT2D eigenvalue weighted by Gasteiger charge is 2.20. The Morgan fingerprint density at radius 1 is 1.05 bits per heavy atom. The molecule has 0 spiro atoms. The van der Waals surface area contributed by atoms with Gasteiger partial charge in [0.05, 0.1) is 5.52 Å². The molecule has 7 nitrogen and oxygen atoms in total. The Bertz CT molecular complexity index is 1490. The highest BCUT2D eigenvalue weighted by molar-refractivity contribution is 5.80. The third-order valence-electron chi connectivity index (χ3n) is 7.40. The van der Waals surface area contributed by atoms with E-state index in [9.17, 15) is 4.79 Å². The molecule has 1 aromatic heterocycles. The Labute approximate surface area is 228 Å². The number of aromatic nitrogens is 1. The third kappa shape index (κ3) is 5.99. The summed E-state index contributed by atoms with van der Waals surface area (Å²) in [7, 11) is 0. The molecule has 1 unspecified atom stereocenters. The molecule has 6 rings (SSSR count). The molecule has 2 aliphatic heterocycles. The highest BCUT2D eigenvalue weighted by Crippen LogP contribution is 2.37. The van der Waals surface area contributed by atoms with Gasteiger partial charge in [-0.1, -0.05) is 37.3 Å². The van der Waals surface area contributed by atoms with E-state index in [-0.39, 0.29) is 19.3 Å². The fourth-order valence-corrected chi connectivity index (χ4v) is 5.38. The first-order valence-electron chi connectivity index (χ1n) is 13.6. The summed E-state index contributed by atoms with van der Waals surface area (Å²) < 4.78 is 17.2. The quantitative estimate of drug-likeness (QED) is 0.326. The van der Waals surface area contributed by atoms with Crippen LogP contribution >= 0.6 is 0 Å². The Balaban J connectivity index is 1.15. The minimum atomic E-state index is -0.166. The molecule has 200 valence electrons. The van der Waals surface area contributed by atoms with E-state index in [0.717, 1.165) is 70.0 Å². The standard InChI is InChI=1S/C32H33N3O4/c1-22-5-4-12-35(18-22)19-27-14-24(25-9-11-30-31(15-25)39-21-38-30)8-10-29(27)37-20-32(36)34-17-23-13-26-6-2-3-7-28(26)33-16-23/h2-3,6-11,13-16,22H,4-5,12,17-21H2,1H3,(H,34,36). The van der Waals surface area contributed by atoms with Crippen LogP contribution in [-0.4, -0.2) is 42.3 Å². The highest BCUT2D eigenvalue weighted by atomic mass is 16.7. The van der Waals surface area contributed by atoms with Crippen molar-refractivity contribution >= 4 is 16.8 Å². The number of nitrogens with one attached hydrogen (secondary N) is 1. The van der Waals surface area contributed by atoms with Gasteiger partial charge in [0.15, 0.2) is 18.1 Å². The molecule has 39 heavy (non-hydrogen) atoms. The molecule has 1 atom stereocenters. The lowest BCUT2D eigenvalue weighted by molar-refractivity contribution is -0.123. The largest absolute Gasteiger partial charge is 0.483 e. The molecule has 3 aromatic carbocycles. The molecule has 1 saturated heterocycles. The fourth-order valence-electron chi connectivity index (χ4n) is 5.38. The third-order valence-corrected chi connectivity index (χ3v) is 7.40. The van der Waals surface area contributed by atoms with Crippen LogP contribution in [0.1, 0.15) is 30.9 Å². The molecule has 3 heterocycles. The molecule has 0 aliphatic carbocycles. The topological polar surface area (TPSA) is 72.9 Å². The van der Waals surface area contributed by atoms with Gasteiger partial charge in [-0.05, 0) is 78.4 Å². The van der Waals surface area contributed by atoms with Crippen LogP contribution in [0.5, 0.6) is 17.2 Å². The van der Waals surface area contributed by atoms with Crippen LogP contribution in [0.3, 0.4) is 0 Å². The van der Waals surface area contributed by atoms with E-state index in [0.29, 0.717) is 12.5 Å². The van der Waals surface area contributed by atoms with Gasteiger partial charge in [0.1, 0.15) is 5.75 Å². The van der Waals surface area contributed by atoms with Crippen molar-refractivity contribution in [1.82, 2.24) is 15.2 Å². The number of hydrogen-bond donors (Lipinski definition) is 1. The van der Waals surface area contributed by atoms with E-state index in [4.69, 9.17) is 14.2 Å². The first-order valence-corrected chi connectivity index (χ1v) is 13.6. The number of benzene rings is 3. The normalized spacial score (nSPS) is 16.8. The summed E-state index contributed by atoms with van der Waals surface area (Å²) in [6.07, 6.45) is 4.27. The molecule has 0 saturated carbocycles. The van der Waals surface area contributed by atoms with Gasteiger partial charge in [-0.3, -0.25) is 14.7 Å². The van der Waals surface area contributed by atoms with Gasteiger partial charge in [-0.2, -0.15) is 0 Å². The van der Waals surface area contributed by atoms with Crippen molar-refractivity contribution in [3.05, 3.63) is 84.1 Å². The summed E-state index contributed by atoms with van der Waals surface area (Å²) in [6.45, 7) is 5.83. The van der Waals surface area contributed by atoms with Crippen molar-refractivity contribution in [2.75, 3.05) is 26.5 Å². The lowest BCUT2D eigenvalue weighted by Gasteiger charge is -2.31. The number of likely N-dealkylation sites (tertiary alicyclic amines) is 1. The fraction of sp³-hybridized carbons (Fsp3) is 0.312. The van der Waals surface area contributed by atoms with Crippen LogP contribution in [-0.2, 0) is 17.9 Å². The second-order valence-electron chi connectivity index (χ2n) is 10.5. The average molecular weight is 524 g/mol. The maximum absolute atomic E-state index is 12.7. The monoisotopic (exact) mass is 523 g/mol. The van der Waals surface area contributed by atoms with Crippen molar-refractivity contribution < 1.29 is 19.0 Å². The number of carbonyl (C=O) groups excluding carboxylic acids is 1. The molecular weight excluding hydrogens is 490 g/mol. The van der Waals surface area contributed by atoms with Crippen LogP contribution in [0, 0.1) is 5.92 Å². The number of hydrogen-bond acceptors (Lipinski definition) is 6. The smallest absolute Gasteiger partial charge is 0.258 e. The molecule has 0 bridgehead atoms. The maximum Gasteiger partial charge on any atom is 0.258 e. The molecule has 7 heteroatoms. The number of pyridine rings is 1. The van der Waals surface area contributed by atoms with Gasteiger partial charge < -0.3 is 19.5 Å². The Morgan fingerprint density at radius 2 is 1.90 bits per heavy atom. The maximum atomic E-state index is 12.7. The van der Waals surface area contributed by atoms with Crippen LogP contribution in [0.2, 0.25) is 0 Å². The number of piperidine rings is 1.